The highest BCUT2D eigenvalue weighted by Gasteiger charge is 2.55. The number of benzene rings is 1. The predicted octanol–water partition coefficient (Wildman–Crippen LogP) is 1.54. The first-order valence-corrected chi connectivity index (χ1v) is 7.95. The van der Waals surface area contributed by atoms with E-state index < -0.39 is 23.3 Å². The van der Waals surface area contributed by atoms with Crippen molar-refractivity contribution < 1.29 is 28.6 Å². The maximum Gasteiger partial charge on any atom is 0.311 e. The number of carbonyl (C=O) groups excluding carboxylic acids is 1. The molecule has 0 radical (unpaired) electrons. The van der Waals surface area contributed by atoms with Gasteiger partial charge in [0.05, 0.1) is 12.0 Å². The van der Waals surface area contributed by atoms with E-state index in [9.17, 15) is 19.1 Å². The lowest BCUT2D eigenvalue weighted by Crippen LogP contribution is -2.45. The summed E-state index contributed by atoms with van der Waals surface area (Å²) in [6, 6.07) is 5.87. The summed E-state index contributed by atoms with van der Waals surface area (Å²) >= 11 is 0. The fraction of sp³-hybridized carbons (Fsp3) is 0.529. The average molecular weight is 337 g/mol. The van der Waals surface area contributed by atoms with E-state index in [1.807, 2.05) is 0 Å². The Bertz CT molecular complexity index is 652. The Hall–Kier alpha value is -2.15. The zero-order chi connectivity index (χ0) is 17.3. The van der Waals surface area contributed by atoms with Crippen LogP contribution in [0.4, 0.5) is 4.39 Å². The lowest BCUT2D eigenvalue weighted by atomic mass is 9.74. The van der Waals surface area contributed by atoms with Crippen LogP contribution in [0.25, 0.3) is 0 Å². The van der Waals surface area contributed by atoms with Crippen LogP contribution in [0.5, 0.6) is 5.75 Å². The predicted molar refractivity (Wildman–Crippen MR) is 82.1 cm³/mol. The molecule has 2 saturated heterocycles. The molecule has 7 heteroatoms. The number of likely N-dealkylation sites (tertiary alicyclic amines) is 1. The Balaban J connectivity index is 1.71. The molecule has 1 amide bonds. The number of hydrogen-bond acceptors (Lipinski definition) is 4. The van der Waals surface area contributed by atoms with Crippen molar-refractivity contribution in [3.63, 3.8) is 0 Å². The molecule has 1 aromatic rings. The maximum absolute atomic E-state index is 13.7. The van der Waals surface area contributed by atoms with Crippen LogP contribution in [0, 0.1) is 17.2 Å². The molecule has 2 aliphatic heterocycles. The molecular weight excluding hydrogens is 317 g/mol. The van der Waals surface area contributed by atoms with E-state index in [0.717, 1.165) is 0 Å². The number of amides is 1. The second-order valence-electron chi connectivity index (χ2n) is 6.39. The molecule has 0 bridgehead atoms. The largest absolute Gasteiger partial charge is 0.481 e. The van der Waals surface area contributed by atoms with Crippen molar-refractivity contribution in [3.8, 4) is 5.75 Å². The summed E-state index contributed by atoms with van der Waals surface area (Å²) < 4.78 is 24.5. The van der Waals surface area contributed by atoms with Gasteiger partial charge in [0.2, 0.25) is 0 Å². The van der Waals surface area contributed by atoms with E-state index in [2.05, 4.69) is 0 Å². The molecule has 6 nitrogen and oxygen atoms in total. The van der Waals surface area contributed by atoms with Gasteiger partial charge in [-0.1, -0.05) is 12.1 Å². The van der Waals surface area contributed by atoms with Crippen molar-refractivity contribution in [1.82, 2.24) is 4.90 Å². The summed E-state index contributed by atoms with van der Waals surface area (Å²) in [5.41, 5.74) is -0.953. The van der Waals surface area contributed by atoms with Gasteiger partial charge >= 0.3 is 5.97 Å². The summed E-state index contributed by atoms with van der Waals surface area (Å²) in [6.45, 7) is 2.71. The number of nitrogens with zero attached hydrogens (tertiary/aromatic N) is 1. The number of hydrogen-bond donors (Lipinski definition) is 1. The van der Waals surface area contributed by atoms with Crippen molar-refractivity contribution in [1.29, 1.82) is 0 Å². The first kappa shape index (κ1) is 16.7. The van der Waals surface area contributed by atoms with Crippen LogP contribution in [0.3, 0.4) is 0 Å². The van der Waals surface area contributed by atoms with Crippen molar-refractivity contribution >= 4 is 11.9 Å². The summed E-state index contributed by atoms with van der Waals surface area (Å²) in [4.78, 5) is 25.9. The SMILES string of the molecule is CC(Oc1ccccc1F)C(=O)N1C[C@H]2COCC[C@@]2(C(=O)O)C1. The van der Waals surface area contributed by atoms with Crippen LogP contribution in [-0.4, -0.2) is 54.3 Å². The molecule has 0 aliphatic carbocycles. The van der Waals surface area contributed by atoms with E-state index >= 15 is 0 Å². The zero-order valence-corrected chi connectivity index (χ0v) is 13.4. The monoisotopic (exact) mass is 337 g/mol. The Morgan fingerprint density at radius 3 is 2.88 bits per heavy atom. The van der Waals surface area contributed by atoms with E-state index in [4.69, 9.17) is 9.47 Å². The molecule has 3 rings (SSSR count). The molecular formula is C17H20FNO5. The van der Waals surface area contributed by atoms with E-state index in [1.165, 1.54) is 23.1 Å². The zero-order valence-electron chi connectivity index (χ0n) is 13.4. The lowest BCUT2D eigenvalue weighted by molar-refractivity contribution is -0.157. The number of carboxylic acid groups (broad SMARTS) is 1. The molecule has 24 heavy (non-hydrogen) atoms. The molecule has 3 atom stereocenters. The normalized spacial score (nSPS) is 27.4. The van der Waals surface area contributed by atoms with Gasteiger partial charge in [0.25, 0.3) is 5.91 Å². The molecule has 1 unspecified atom stereocenters. The topological polar surface area (TPSA) is 76.1 Å². The van der Waals surface area contributed by atoms with Gasteiger partial charge < -0.3 is 19.5 Å². The first-order chi connectivity index (χ1) is 11.4. The molecule has 1 aromatic carbocycles. The maximum atomic E-state index is 13.7. The average Bonchev–Trinajstić information content (AvgIpc) is 2.97. The van der Waals surface area contributed by atoms with Crippen molar-refractivity contribution in [3.05, 3.63) is 30.1 Å². The number of carbonyl (C=O) groups is 2. The molecule has 0 saturated carbocycles. The molecule has 2 fully saturated rings. The van der Waals surface area contributed by atoms with E-state index in [1.54, 1.807) is 13.0 Å². The number of ether oxygens (including phenoxy) is 2. The highest BCUT2D eigenvalue weighted by molar-refractivity contribution is 5.84. The Morgan fingerprint density at radius 1 is 1.46 bits per heavy atom. The number of carboxylic acids is 1. The van der Waals surface area contributed by atoms with Crippen LogP contribution >= 0.6 is 0 Å². The van der Waals surface area contributed by atoms with Crippen LogP contribution in [0.1, 0.15) is 13.3 Å². The lowest BCUT2D eigenvalue weighted by Gasteiger charge is -2.33. The smallest absolute Gasteiger partial charge is 0.311 e. The van der Waals surface area contributed by atoms with Gasteiger partial charge in [-0.25, -0.2) is 4.39 Å². The molecule has 2 heterocycles. The van der Waals surface area contributed by atoms with Gasteiger partial charge in [-0.3, -0.25) is 9.59 Å². The van der Waals surface area contributed by atoms with Gasteiger partial charge in [-0.15, -0.1) is 0 Å². The van der Waals surface area contributed by atoms with Gasteiger partial charge in [0.1, 0.15) is 0 Å². The minimum atomic E-state index is -0.953. The van der Waals surface area contributed by atoms with Gasteiger partial charge in [-0.05, 0) is 25.5 Å². The van der Waals surface area contributed by atoms with E-state index in [-0.39, 0.29) is 24.1 Å². The molecule has 2 aliphatic rings. The van der Waals surface area contributed by atoms with Gasteiger partial charge in [0, 0.05) is 25.6 Å². The summed E-state index contributed by atoms with van der Waals surface area (Å²) in [6.07, 6.45) is -0.506. The minimum absolute atomic E-state index is 0.00578. The fourth-order valence-electron chi connectivity index (χ4n) is 3.51. The van der Waals surface area contributed by atoms with Crippen LogP contribution in [0.15, 0.2) is 24.3 Å². The number of rotatable bonds is 4. The van der Waals surface area contributed by atoms with Crippen molar-refractivity contribution in [2.24, 2.45) is 11.3 Å². The van der Waals surface area contributed by atoms with Crippen molar-refractivity contribution in [2.75, 3.05) is 26.3 Å². The van der Waals surface area contributed by atoms with E-state index in [0.29, 0.717) is 26.2 Å². The first-order valence-electron chi connectivity index (χ1n) is 7.95. The standard InChI is InChI=1S/C17H20FNO5/c1-11(24-14-5-3-2-4-13(14)18)15(20)19-8-12-9-23-7-6-17(12,10-19)16(21)22/h2-5,11-12H,6-10H2,1H3,(H,21,22)/t11?,12-,17+/m0/s1. The number of halogens is 1. The third kappa shape index (κ3) is 2.84. The fourth-order valence-corrected chi connectivity index (χ4v) is 3.51. The number of aliphatic carboxylic acids is 1. The van der Waals surface area contributed by atoms with Crippen molar-refractivity contribution in [2.45, 2.75) is 19.4 Å². The Morgan fingerprint density at radius 2 is 2.21 bits per heavy atom. The van der Waals surface area contributed by atoms with Crippen LogP contribution in [-0.2, 0) is 14.3 Å². The molecule has 0 spiro atoms. The van der Waals surface area contributed by atoms with Crippen LogP contribution in [0.2, 0.25) is 0 Å². The second kappa shape index (κ2) is 6.39. The highest BCUT2D eigenvalue weighted by Crippen LogP contribution is 2.42. The highest BCUT2D eigenvalue weighted by atomic mass is 19.1. The summed E-state index contributed by atoms with van der Waals surface area (Å²) in [5.74, 6) is -2.00. The second-order valence-corrected chi connectivity index (χ2v) is 6.39. The molecule has 130 valence electrons. The third-order valence-electron chi connectivity index (χ3n) is 4.93. The molecule has 0 aromatic heterocycles. The summed E-state index contributed by atoms with van der Waals surface area (Å²) in [7, 11) is 0. The summed E-state index contributed by atoms with van der Waals surface area (Å²) in [5, 5.41) is 9.63. The van der Waals surface area contributed by atoms with Crippen LogP contribution < -0.4 is 4.74 Å². The quantitative estimate of drug-likeness (QED) is 0.902. The Kier molecular flexibility index (Phi) is 4.45. The number of fused-ring (bicyclic) bond motifs is 1. The van der Waals surface area contributed by atoms with Gasteiger partial charge in [0.15, 0.2) is 17.7 Å². The number of para-hydroxylation sites is 1. The Labute approximate surface area is 139 Å². The van der Waals surface area contributed by atoms with Gasteiger partial charge in [-0.2, -0.15) is 0 Å². The third-order valence-corrected chi connectivity index (χ3v) is 4.93. The minimum Gasteiger partial charge on any atom is -0.481 e. The molecule has 1 N–H and O–H groups in total.